The lowest BCUT2D eigenvalue weighted by Gasteiger charge is -2.33. The smallest absolute Gasteiger partial charge is 0.257 e. The van der Waals surface area contributed by atoms with E-state index in [1.807, 2.05) is 67.6 Å². The number of anilines is 2. The lowest BCUT2D eigenvalue weighted by atomic mass is 9.72. The number of nitrogens with one attached hydrogen (secondary N) is 2. The van der Waals surface area contributed by atoms with Crippen molar-refractivity contribution in [3.63, 3.8) is 0 Å². The Labute approximate surface area is 454 Å². The van der Waals surface area contributed by atoms with E-state index in [9.17, 15) is 0 Å². The Balaban J connectivity index is 1.54. The Morgan fingerprint density at radius 3 is 1.21 bits per heavy atom. The van der Waals surface area contributed by atoms with Crippen molar-refractivity contribution in [3.05, 3.63) is 137 Å². The first kappa shape index (κ1) is 55.1. The van der Waals surface area contributed by atoms with Gasteiger partial charge in [-0.05, 0) is 107 Å². The molecule has 2 aliphatic rings. The molecule has 2 N–H and O–H groups in total. The van der Waals surface area contributed by atoms with E-state index in [0.29, 0.717) is 28.4 Å². The third-order valence-electron chi connectivity index (χ3n) is 13.0. The fourth-order valence-electron chi connectivity index (χ4n) is 10.5. The first-order valence-electron chi connectivity index (χ1n) is 23.6. The summed E-state index contributed by atoms with van der Waals surface area (Å²) >= 11 is 40.6. The zero-order chi connectivity index (χ0) is 53.0. The van der Waals surface area contributed by atoms with Crippen LogP contribution < -0.4 is 30.3 Å². The molecule has 2 atom stereocenters. The highest BCUT2D eigenvalue weighted by atomic mass is 35.5. The van der Waals surface area contributed by atoms with Crippen LogP contribution in [0.1, 0.15) is 110 Å². The second-order valence-corrected chi connectivity index (χ2v) is 24.9. The molecule has 2 heterocycles. The lowest BCUT2D eigenvalue weighted by molar-refractivity contribution is -0.122. The molecule has 16 heteroatoms. The minimum Gasteiger partial charge on any atom is -0.494 e. The molecule has 382 valence electrons. The fraction of sp³-hybridized carbons (Fsp3) is 0.393. The highest BCUT2D eigenvalue weighted by Gasteiger charge is 2.54. The van der Waals surface area contributed by atoms with Gasteiger partial charge in [0.25, 0.3) is 11.8 Å². The zero-order valence-electron chi connectivity index (χ0n) is 42.9. The second kappa shape index (κ2) is 20.9. The molecule has 2 saturated heterocycles. The van der Waals surface area contributed by atoms with Gasteiger partial charge in [-0.1, -0.05) is 181 Å². The van der Waals surface area contributed by atoms with Gasteiger partial charge >= 0.3 is 0 Å². The topological polar surface area (TPSA) is 108 Å². The van der Waals surface area contributed by atoms with Gasteiger partial charge in [-0.2, -0.15) is 0 Å². The summed E-state index contributed by atoms with van der Waals surface area (Å²) in [5, 5.41) is 3.48. The standard InChI is InChI=1S/C56H62Cl6N6O4/c1-30-14-16-31(17-15-30)44(45-49(65-67(51(45)69)47-36(59)24-34(57)25-37(47)60)63-40-22-32(18-20-42(40)71-12)55(8,9)28-53(2,3)4)46-50(66-68(52(46)70)48-38(61)26-35(58)27-39(48)62)64-41-23-33(19-21-43(41)72-13)56(10,11)29-54(5,6)7/h14-27,44-46H,28-29H2,1-13H3,(H,63,65)(H,64,66). The van der Waals surface area contributed by atoms with Gasteiger partial charge in [-0.25, -0.2) is 20.0 Å². The van der Waals surface area contributed by atoms with Crippen molar-refractivity contribution in [1.82, 2.24) is 10.9 Å². The van der Waals surface area contributed by atoms with Gasteiger partial charge in [-0.15, -0.1) is 0 Å². The number of amidine groups is 2. The maximum Gasteiger partial charge on any atom is 0.257 e. The van der Waals surface area contributed by atoms with Crippen LogP contribution in [0.25, 0.3) is 0 Å². The number of methoxy groups -OCH3 is 2. The Kier molecular flexibility index (Phi) is 16.0. The number of halogens is 6. The largest absolute Gasteiger partial charge is 0.494 e. The summed E-state index contributed by atoms with van der Waals surface area (Å²) in [5.41, 5.74) is 10.8. The monoisotopic (exact) mass is 1090 g/mol. The van der Waals surface area contributed by atoms with Gasteiger partial charge in [0.05, 0.1) is 34.3 Å². The van der Waals surface area contributed by atoms with Crippen LogP contribution in [0.4, 0.5) is 22.7 Å². The molecule has 0 bridgehead atoms. The summed E-state index contributed by atoms with van der Waals surface area (Å²) in [6, 6.07) is 25.5. The molecular weight excluding hydrogens is 1030 g/mol. The number of aliphatic imine (C=N–C) groups is 2. The zero-order valence-corrected chi connectivity index (χ0v) is 47.5. The van der Waals surface area contributed by atoms with Crippen molar-refractivity contribution in [2.45, 2.75) is 106 Å². The summed E-state index contributed by atoms with van der Waals surface area (Å²) in [4.78, 5) is 42.3. The van der Waals surface area contributed by atoms with Crippen LogP contribution in [0.15, 0.2) is 94.9 Å². The minimum absolute atomic E-state index is 0.00230. The van der Waals surface area contributed by atoms with Crippen LogP contribution in [0.2, 0.25) is 30.1 Å². The third-order valence-corrected chi connectivity index (χ3v) is 14.5. The summed E-state index contributed by atoms with van der Waals surface area (Å²) in [5.74, 6) is -3.33. The number of carbonyl (C=O) groups is 2. The van der Waals surface area contributed by atoms with E-state index in [4.69, 9.17) is 89.1 Å². The third kappa shape index (κ3) is 11.8. The van der Waals surface area contributed by atoms with Crippen LogP contribution >= 0.6 is 69.6 Å². The van der Waals surface area contributed by atoms with Crippen LogP contribution in [-0.2, 0) is 20.4 Å². The van der Waals surface area contributed by atoms with E-state index in [-0.39, 0.29) is 74.8 Å². The van der Waals surface area contributed by atoms with Gasteiger partial charge in [0.15, 0.2) is 0 Å². The van der Waals surface area contributed by atoms with Crippen molar-refractivity contribution in [1.29, 1.82) is 0 Å². The summed E-state index contributed by atoms with van der Waals surface area (Å²) in [6.45, 7) is 24.0. The molecule has 2 aliphatic heterocycles. The van der Waals surface area contributed by atoms with E-state index in [1.54, 1.807) is 14.2 Å². The molecule has 0 spiro atoms. The predicted molar refractivity (Wildman–Crippen MR) is 299 cm³/mol. The highest BCUT2D eigenvalue weighted by Crippen LogP contribution is 2.49. The van der Waals surface area contributed by atoms with E-state index >= 15 is 9.59 Å². The normalized spacial score (nSPS) is 18.3. The first-order valence-corrected chi connectivity index (χ1v) is 25.9. The maximum atomic E-state index is 15.8. The maximum absolute atomic E-state index is 15.8. The van der Waals surface area contributed by atoms with Crippen molar-refractivity contribution in [2.24, 2.45) is 32.7 Å². The van der Waals surface area contributed by atoms with Gasteiger partial charge in [-0.3, -0.25) is 20.4 Å². The number of ether oxygens (including phenoxy) is 2. The van der Waals surface area contributed by atoms with Crippen LogP contribution in [0.5, 0.6) is 11.5 Å². The second-order valence-electron chi connectivity index (χ2n) is 22.4. The van der Waals surface area contributed by atoms with E-state index in [1.165, 1.54) is 34.3 Å². The predicted octanol–water partition coefficient (Wildman–Crippen LogP) is 16.2. The number of carbonyl (C=O) groups excluding carboxylic acids is 2. The Bertz CT molecular complexity index is 2750. The molecule has 0 radical (unpaired) electrons. The van der Waals surface area contributed by atoms with Crippen molar-refractivity contribution in [3.8, 4) is 11.5 Å². The SMILES string of the molecule is COc1ccc(C(C)(C)CC(C)(C)C)cc1N=C1NN(c2c(Cl)cc(Cl)cc2Cl)C(=O)C1C(c1ccc(C)cc1)C1C(=O)N(c2c(Cl)cc(Cl)cc2Cl)NC1=Nc1cc(C(C)(C)CC(C)(C)C)ccc1OC. The molecule has 5 aromatic rings. The van der Waals surface area contributed by atoms with Crippen molar-refractivity contribution in [2.75, 3.05) is 24.2 Å². The summed E-state index contributed by atoms with van der Waals surface area (Å²) < 4.78 is 11.9. The summed E-state index contributed by atoms with van der Waals surface area (Å²) in [7, 11) is 3.14. The summed E-state index contributed by atoms with van der Waals surface area (Å²) in [6.07, 6.45) is 1.72. The van der Waals surface area contributed by atoms with Gasteiger partial charge < -0.3 is 9.47 Å². The van der Waals surface area contributed by atoms with Gasteiger partial charge in [0, 0.05) is 16.0 Å². The highest BCUT2D eigenvalue weighted by molar-refractivity contribution is 6.44. The number of hydrogen-bond donors (Lipinski definition) is 2. The average molecular weight is 1100 g/mol. The van der Waals surface area contributed by atoms with Gasteiger partial charge in [0.1, 0.15) is 57.8 Å². The van der Waals surface area contributed by atoms with E-state index < -0.39 is 29.6 Å². The number of amides is 2. The molecule has 0 saturated carbocycles. The quantitative estimate of drug-likeness (QED) is 0.122. The van der Waals surface area contributed by atoms with Crippen LogP contribution in [-0.4, -0.2) is 37.7 Å². The molecule has 2 fully saturated rings. The Morgan fingerprint density at radius 2 is 0.889 bits per heavy atom. The van der Waals surface area contributed by atoms with Crippen molar-refractivity contribution >= 4 is 116 Å². The molecule has 2 unspecified atom stereocenters. The van der Waals surface area contributed by atoms with E-state index in [0.717, 1.165) is 29.5 Å². The van der Waals surface area contributed by atoms with Crippen LogP contribution in [0.3, 0.4) is 0 Å². The average Bonchev–Trinajstić information content (AvgIpc) is 3.73. The molecule has 7 rings (SSSR count). The molecule has 2 amide bonds. The molecule has 5 aromatic carbocycles. The minimum atomic E-state index is -1.25. The molecule has 10 nitrogen and oxygen atoms in total. The van der Waals surface area contributed by atoms with Crippen LogP contribution in [0, 0.1) is 29.6 Å². The molecule has 0 aromatic heterocycles. The van der Waals surface area contributed by atoms with Gasteiger partial charge in [0.2, 0.25) is 0 Å². The molecule has 0 aliphatic carbocycles. The number of hydrogen-bond acceptors (Lipinski definition) is 6. The Morgan fingerprint density at radius 1 is 0.542 bits per heavy atom. The number of benzene rings is 5. The molecule has 72 heavy (non-hydrogen) atoms. The number of nitrogens with zero attached hydrogens (tertiary/aromatic N) is 4. The number of rotatable bonds is 13. The first-order chi connectivity index (χ1) is 33.5. The number of hydrazine groups is 2. The molecular formula is C56H62Cl6N6O4. The lowest BCUT2D eigenvalue weighted by Crippen LogP contribution is -2.38. The fourth-order valence-corrected chi connectivity index (χ4v) is 12.5. The van der Waals surface area contributed by atoms with E-state index in [2.05, 4.69) is 80.1 Å². The van der Waals surface area contributed by atoms with Crippen molar-refractivity contribution < 1.29 is 19.1 Å². The number of aryl methyl sites for hydroxylation is 1. The Hall–Kier alpha value is -4.68.